The number of nitrogens with one attached hydrogen (secondary N) is 1. The summed E-state index contributed by atoms with van der Waals surface area (Å²) in [6.45, 7) is 7.59. The van der Waals surface area contributed by atoms with Crippen molar-refractivity contribution >= 4 is 0 Å². The smallest absolute Gasteiger partial charge is 0.120 e. The van der Waals surface area contributed by atoms with Crippen LogP contribution in [-0.2, 0) is 0 Å². The molecule has 0 radical (unpaired) electrons. The first-order valence-electron chi connectivity index (χ1n) is 6.65. The molecule has 1 fully saturated rings. The molecule has 0 amide bonds. The fourth-order valence-electron chi connectivity index (χ4n) is 2.44. The van der Waals surface area contributed by atoms with Gasteiger partial charge in [0, 0.05) is 6.04 Å². The van der Waals surface area contributed by atoms with Gasteiger partial charge < -0.3 is 10.1 Å². The number of hydrogen-bond acceptors (Lipinski definition) is 2. The van der Waals surface area contributed by atoms with Crippen molar-refractivity contribution in [2.75, 3.05) is 6.54 Å². The predicted molar refractivity (Wildman–Crippen MR) is 71.3 cm³/mol. The first kappa shape index (κ1) is 12.4. The minimum absolute atomic E-state index is 0.239. The number of piperidine rings is 1. The summed E-state index contributed by atoms with van der Waals surface area (Å²) >= 11 is 0. The molecule has 0 saturated carbocycles. The monoisotopic (exact) mass is 233 g/mol. The van der Waals surface area contributed by atoms with Crippen molar-refractivity contribution in [3.8, 4) is 5.75 Å². The third-order valence-electron chi connectivity index (χ3n) is 3.30. The molecule has 94 valence electrons. The number of ether oxygens (including phenoxy) is 1. The second kappa shape index (κ2) is 5.54. The Morgan fingerprint density at radius 1 is 1.35 bits per heavy atom. The zero-order chi connectivity index (χ0) is 12.3. The molecule has 2 atom stereocenters. The lowest BCUT2D eigenvalue weighted by Gasteiger charge is -2.28. The van der Waals surface area contributed by atoms with Crippen molar-refractivity contribution in [3.63, 3.8) is 0 Å². The van der Waals surface area contributed by atoms with E-state index in [1.54, 1.807) is 0 Å². The maximum atomic E-state index is 5.74. The summed E-state index contributed by atoms with van der Waals surface area (Å²) in [4.78, 5) is 0. The van der Waals surface area contributed by atoms with Gasteiger partial charge in [0.2, 0.25) is 0 Å². The Kier molecular flexibility index (Phi) is 4.06. The largest absolute Gasteiger partial charge is 0.491 e. The summed E-state index contributed by atoms with van der Waals surface area (Å²) in [7, 11) is 0. The summed E-state index contributed by atoms with van der Waals surface area (Å²) < 4.78 is 5.74. The van der Waals surface area contributed by atoms with Gasteiger partial charge >= 0.3 is 0 Å². The second-order valence-corrected chi connectivity index (χ2v) is 5.38. The third-order valence-corrected chi connectivity index (χ3v) is 3.30. The van der Waals surface area contributed by atoms with Crippen LogP contribution in [0.2, 0.25) is 0 Å². The van der Waals surface area contributed by atoms with E-state index in [0.717, 1.165) is 18.2 Å². The van der Waals surface area contributed by atoms with Gasteiger partial charge in [-0.3, -0.25) is 0 Å². The average Bonchev–Trinajstić information content (AvgIpc) is 2.28. The molecule has 0 aromatic heterocycles. The molecule has 2 unspecified atom stereocenters. The van der Waals surface area contributed by atoms with E-state index in [4.69, 9.17) is 4.74 Å². The maximum Gasteiger partial charge on any atom is 0.120 e. The molecule has 1 N–H and O–H groups in total. The number of hydrogen-bond donors (Lipinski definition) is 1. The van der Waals surface area contributed by atoms with Crippen LogP contribution in [0.15, 0.2) is 24.3 Å². The predicted octanol–water partition coefficient (Wildman–Crippen LogP) is 3.53. The molecule has 1 aromatic carbocycles. The highest BCUT2D eigenvalue weighted by molar-refractivity contribution is 5.31. The molecule has 1 heterocycles. The Morgan fingerprint density at radius 2 is 2.18 bits per heavy atom. The van der Waals surface area contributed by atoms with Crippen LogP contribution in [0.5, 0.6) is 5.75 Å². The van der Waals surface area contributed by atoms with Crippen LogP contribution >= 0.6 is 0 Å². The molecular weight excluding hydrogens is 210 g/mol. The Balaban J connectivity index is 2.09. The molecule has 1 saturated heterocycles. The molecule has 0 spiro atoms. The van der Waals surface area contributed by atoms with Gasteiger partial charge in [0.1, 0.15) is 5.75 Å². The van der Waals surface area contributed by atoms with Crippen LogP contribution in [0.3, 0.4) is 0 Å². The van der Waals surface area contributed by atoms with Crippen molar-refractivity contribution in [2.24, 2.45) is 5.92 Å². The van der Waals surface area contributed by atoms with Crippen LogP contribution < -0.4 is 10.1 Å². The zero-order valence-electron chi connectivity index (χ0n) is 11.1. The van der Waals surface area contributed by atoms with Crippen molar-refractivity contribution in [1.82, 2.24) is 5.32 Å². The summed E-state index contributed by atoms with van der Waals surface area (Å²) in [5, 5.41) is 3.59. The number of rotatable bonds is 3. The lowest BCUT2D eigenvalue weighted by Crippen LogP contribution is -2.30. The molecule has 2 nitrogen and oxygen atoms in total. The summed E-state index contributed by atoms with van der Waals surface area (Å²) in [5.41, 5.74) is 1.36. The third kappa shape index (κ3) is 3.47. The highest BCUT2D eigenvalue weighted by atomic mass is 16.5. The molecule has 1 aliphatic heterocycles. The molecule has 17 heavy (non-hydrogen) atoms. The Bertz CT molecular complexity index is 362. The molecule has 0 aliphatic carbocycles. The summed E-state index contributed by atoms with van der Waals surface area (Å²) in [5.74, 6) is 1.80. The first-order valence-corrected chi connectivity index (χ1v) is 6.65. The average molecular weight is 233 g/mol. The maximum absolute atomic E-state index is 5.74. The van der Waals surface area contributed by atoms with Crippen LogP contribution in [0, 0.1) is 5.92 Å². The fraction of sp³-hybridized carbons (Fsp3) is 0.600. The van der Waals surface area contributed by atoms with Gasteiger partial charge in [0.25, 0.3) is 0 Å². The van der Waals surface area contributed by atoms with Crippen LogP contribution in [0.4, 0.5) is 0 Å². The van der Waals surface area contributed by atoms with Gasteiger partial charge in [-0.1, -0.05) is 19.1 Å². The molecular formula is C15H23NO. The van der Waals surface area contributed by atoms with E-state index in [1.165, 1.54) is 18.4 Å². The van der Waals surface area contributed by atoms with Crippen LogP contribution in [0.25, 0.3) is 0 Å². The number of benzene rings is 1. The van der Waals surface area contributed by atoms with E-state index in [1.807, 2.05) is 6.07 Å². The normalized spacial score (nSPS) is 24.9. The van der Waals surface area contributed by atoms with E-state index in [9.17, 15) is 0 Å². The van der Waals surface area contributed by atoms with Gasteiger partial charge in [-0.25, -0.2) is 0 Å². The highest BCUT2D eigenvalue weighted by Crippen LogP contribution is 2.28. The second-order valence-electron chi connectivity index (χ2n) is 5.38. The van der Waals surface area contributed by atoms with Crippen LogP contribution in [0.1, 0.15) is 45.2 Å². The lowest BCUT2D eigenvalue weighted by molar-refractivity contribution is 0.241. The minimum atomic E-state index is 0.239. The molecule has 2 heteroatoms. The fourth-order valence-corrected chi connectivity index (χ4v) is 2.44. The summed E-state index contributed by atoms with van der Waals surface area (Å²) in [6, 6.07) is 9.00. The van der Waals surface area contributed by atoms with Crippen molar-refractivity contribution in [3.05, 3.63) is 29.8 Å². The van der Waals surface area contributed by atoms with Gasteiger partial charge in [0.15, 0.2) is 0 Å². The van der Waals surface area contributed by atoms with E-state index < -0.39 is 0 Å². The quantitative estimate of drug-likeness (QED) is 0.862. The van der Waals surface area contributed by atoms with Crippen molar-refractivity contribution in [2.45, 2.75) is 45.8 Å². The molecule has 2 rings (SSSR count). The zero-order valence-corrected chi connectivity index (χ0v) is 11.1. The molecule has 1 aliphatic rings. The van der Waals surface area contributed by atoms with E-state index in [2.05, 4.69) is 44.3 Å². The molecule has 1 aromatic rings. The van der Waals surface area contributed by atoms with Crippen molar-refractivity contribution < 1.29 is 4.74 Å². The standard InChI is InChI=1S/C15H23NO/c1-11(2)17-14-6-4-5-13(10-14)15-9-12(3)7-8-16-15/h4-6,10-12,15-16H,7-9H2,1-3H3. The summed E-state index contributed by atoms with van der Waals surface area (Å²) in [6.07, 6.45) is 2.76. The molecule has 0 bridgehead atoms. The van der Waals surface area contributed by atoms with E-state index in [-0.39, 0.29) is 6.10 Å². The van der Waals surface area contributed by atoms with Crippen molar-refractivity contribution in [1.29, 1.82) is 0 Å². The highest BCUT2D eigenvalue weighted by Gasteiger charge is 2.19. The van der Waals surface area contributed by atoms with Gasteiger partial charge in [-0.05, 0) is 56.8 Å². The SMILES string of the molecule is CC1CCNC(c2cccc(OC(C)C)c2)C1. The lowest BCUT2D eigenvalue weighted by atomic mass is 9.90. The first-order chi connectivity index (χ1) is 8.15. The topological polar surface area (TPSA) is 21.3 Å². The van der Waals surface area contributed by atoms with Gasteiger partial charge in [0.05, 0.1) is 6.10 Å². The Morgan fingerprint density at radius 3 is 2.88 bits per heavy atom. The Hall–Kier alpha value is -1.02. The Labute approximate surface area is 104 Å². The minimum Gasteiger partial charge on any atom is -0.491 e. The van der Waals surface area contributed by atoms with Crippen LogP contribution in [-0.4, -0.2) is 12.6 Å². The van der Waals surface area contributed by atoms with E-state index >= 15 is 0 Å². The van der Waals surface area contributed by atoms with Gasteiger partial charge in [-0.15, -0.1) is 0 Å². The van der Waals surface area contributed by atoms with Gasteiger partial charge in [-0.2, -0.15) is 0 Å². The van der Waals surface area contributed by atoms with E-state index in [0.29, 0.717) is 6.04 Å².